The summed E-state index contributed by atoms with van der Waals surface area (Å²) in [6.45, 7) is 2.08. The average Bonchev–Trinajstić information content (AvgIpc) is 2.38. The van der Waals surface area contributed by atoms with Crippen molar-refractivity contribution in [2.45, 2.75) is 19.8 Å². The van der Waals surface area contributed by atoms with Gasteiger partial charge in [-0.25, -0.2) is 4.79 Å². The van der Waals surface area contributed by atoms with Crippen molar-refractivity contribution < 1.29 is 9.90 Å². The van der Waals surface area contributed by atoms with E-state index in [1.54, 1.807) is 12.1 Å². The maximum absolute atomic E-state index is 10.7. The van der Waals surface area contributed by atoms with Gasteiger partial charge in [0.1, 0.15) is 0 Å². The second kappa shape index (κ2) is 5.50. The minimum Gasteiger partial charge on any atom is -0.478 e. The van der Waals surface area contributed by atoms with Gasteiger partial charge in [-0.2, -0.15) is 0 Å². The molecule has 0 aromatic heterocycles. The molecular weight excluding hydrogens is 224 g/mol. The molecule has 0 amide bonds. The molecular formula is C16H16O2. The maximum Gasteiger partial charge on any atom is 0.335 e. The van der Waals surface area contributed by atoms with Crippen LogP contribution in [-0.2, 0) is 12.8 Å². The number of benzene rings is 2. The zero-order chi connectivity index (χ0) is 13.0. The Hall–Kier alpha value is -2.09. The van der Waals surface area contributed by atoms with Crippen molar-refractivity contribution in [1.82, 2.24) is 0 Å². The Morgan fingerprint density at radius 1 is 0.889 bits per heavy atom. The van der Waals surface area contributed by atoms with Gasteiger partial charge in [0, 0.05) is 0 Å². The molecule has 0 saturated carbocycles. The third-order valence-corrected chi connectivity index (χ3v) is 3.02. The smallest absolute Gasteiger partial charge is 0.335 e. The number of carboxylic acid groups (broad SMARTS) is 1. The average molecular weight is 240 g/mol. The van der Waals surface area contributed by atoms with E-state index in [4.69, 9.17) is 5.11 Å². The van der Waals surface area contributed by atoms with Crippen molar-refractivity contribution in [3.8, 4) is 0 Å². The molecule has 0 spiro atoms. The standard InChI is InChI=1S/C16H16O2/c1-12-2-4-13(5-3-12)6-7-14-8-10-15(11-9-14)16(17)18/h2-5,8-11H,6-7H2,1H3,(H,17,18). The first kappa shape index (κ1) is 12.4. The lowest BCUT2D eigenvalue weighted by Crippen LogP contribution is -1.97. The molecule has 2 aromatic rings. The van der Waals surface area contributed by atoms with Gasteiger partial charge in [0.15, 0.2) is 0 Å². The predicted molar refractivity (Wildman–Crippen MR) is 72.0 cm³/mol. The van der Waals surface area contributed by atoms with E-state index < -0.39 is 5.97 Å². The summed E-state index contributed by atoms with van der Waals surface area (Å²) >= 11 is 0. The molecule has 2 nitrogen and oxygen atoms in total. The van der Waals surface area contributed by atoms with Gasteiger partial charge in [0.05, 0.1) is 5.56 Å². The monoisotopic (exact) mass is 240 g/mol. The summed E-state index contributed by atoms with van der Waals surface area (Å²) in [6, 6.07) is 15.6. The minimum absolute atomic E-state index is 0.342. The highest BCUT2D eigenvalue weighted by Gasteiger charge is 2.01. The van der Waals surface area contributed by atoms with Crippen molar-refractivity contribution in [3.05, 3.63) is 70.8 Å². The van der Waals surface area contributed by atoms with Gasteiger partial charge in [0.2, 0.25) is 0 Å². The lowest BCUT2D eigenvalue weighted by atomic mass is 10.0. The van der Waals surface area contributed by atoms with E-state index in [1.807, 2.05) is 12.1 Å². The third kappa shape index (κ3) is 3.20. The van der Waals surface area contributed by atoms with Crippen LogP contribution in [0.5, 0.6) is 0 Å². The third-order valence-electron chi connectivity index (χ3n) is 3.02. The Morgan fingerprint density at radius 2 is 1.33 bits per heavy atom. The number of carboxylic acids is 1. The van der Waals surface area contributed by atoms with Crippen LogP contribution in [0.25, 0.3) is 0 Å². The Balaban J connectivity index is 1.97. The molecule has 1 N–H and O–H groups in total. The molecule has 2 rings (SSSR count). The van der Waals surface area contributed by atoms with E-state index in [-0.39, 0.29) is 0 Å². The van der Waals surface area contributed by atoms with Crippen LogP contribution in [0.1, 0.15) is 27.0 Å². The van der Waals surface area contributed by atoms with Crippen molar-refractivity contribution >= 4 is 5.97 Å². The van der Waals surface area contributed by atoms with Crippen LogP contribution < -0.4 is 0 Å². The van der Waals surface area contributed by atoms with E-state index in [0.29, 0.717) is 5.56 Å². The Bertz CT molecular complexity index is 524. The number of rotatable bonds is 4. The minimum atomic E-state index is -0.875. The number of hydrogen-bond donors (Lipinski definition) is 1. The largest absolute Gasteiger partial charge is 0.478 e. The molecule has 0 aliphatic carbocycles. The molecule has 0 bridgehead atoms. The van der Waals surface area contributed by atoms with Gasteiger partial charge in [-0.05, 0) is 43.0 Å². The first-order valence-corrected chi connectivity index (χ1v) is 6.03. The zero-order valence-corrected chi connectivity index (χ0v) is 10.4. The van der Waals surface area contributed by atoms with Gasteiger partial charge in [-0.3, -0.25) is 0 Å². The Kier molecular flexibility index (Phi) is 3.78. The van der Waals surface area contributed by atoms with Crippen LogP contribution in [0.4, 0.5) is 0 Å². The molecule has 0 atom stereocenters. The lowest BCUT2D eigenvalue weighted by molar-refractivity contribution is 0.0697. The first-order chi connectivity index (χ1) is 8.65. The second-order valence-electron chi connectivity index (χ2n) is 4.49. The molecule has 0 radical (unpaired) electrons. The topological polar surface area (TPSA) is 37.3 Å². The SMILES string of the molecule is Cc1ccc(CCc2ccc(C(=O)O)cc2)cc1. The molecule has 0 aliphatic rings. The van der Waals surface area contributed by atoms with Crippen molar-refractivity contribution in [2.75, 3.05) is 0 Å². The summed E-state index contributed by atoms with van der Waals surface area (Å²) in [7, 11) is 0. The van der Waals surface area contributed by atoms with E-state index in [1.165, 1.54) is 16.7 Å². The quantitative estimate of drug-likeness (QED) is 0.888. The van der Waals surface area contributed by atoms with Crippen molar-refractivity contribution in [2.24, 2.45) is 0 Å². The van der Waals surface area contributed by atoms with E-state index >= 15 is 0 Å². The molecule has 18 heavy (non-hydrogen) atoms. The fourth-order valence-electron chi connectivity index (χ4n) is 1.86. The maximum atomic E-state index is 10.7. The van der Waals surface area contributed by atoms with Gasteiger partial charge >= 0.3 is 5.97 Å². The molecule has 0 heterocycles. The van der Waals surface area contributed by atoms with Crippen LogP contribution in [0.15, 0.2) is 48.5 Å². The number of hydrogen-bond acceptors (Lipinski definition) is 1. The molecule has 0 saturated heterocycles. The predicted octanol–water partition coefficient (Wildman–Crippen LogP) is 3.48. The summed E-state index contributed by atoms with van der Waals surface area (Å²) in [4.78, 5) is 10.7. The molecule has 92 valence electrons. The van der Waals surface area contributed by atoms with E-state index in [2.05, 4.69) is 31.2 Å². The molecule has 0 aliphatic heterocycles. The van der Waals surface area contributed by atoms with Gasteiger partial charge < -0.3 is 5.11 Å². The van der Waals surface area contributed by atoms with Gasteiger partial charge in [-0.1, -0.05) is 42.0 Å². The lowest BCUT2D eigenvalue weighted by Gasteiger charge is -2.03. The summed E-state index contributed by atoms with van der Waals surface area (Å²) in [5.74, 6) is -0.875. The fraction of sp³-hybridized carbons (Fsp3) is 0.188. The fourth-order valence-corrected chi connectivity index (χ4v) is 1.86. The molecule has 2 heteroatoms. The van der Waals surface area contributed by atoms with Crippen molar-refractivity contribution in [1.29, 1.82) is 0 Å². The number of carbonyl (C=O) groups is 1. The summed E-state index contributed by atoms with van der Waals surface area (Å²) in [5.41, 5.74) is 4.09. The van der Waals surface area contributed by atoms with Crippen LogP contribution in [0.2, 0.25) is 0 Å². The van der Waals surface area contributed by atoms with Crippen LogP contribution in [0.3, 0.4) is 0 Å². The highest BCUT2D eigenvalue weighted by Crippen LogP contribution is 2.10. The van der Waals surface area contributed by atoms with Crippen LogP contribution in [0, 0.1) is 6.92 Å². The Morgan fingerprint density at radius 3 is 1.78 bits per heavy atom. The number of aryl methyl sites for hydroxylation is 3. The molecule has 2 aromatic carbocycles. The zero-order valence-electron chi connectivity index (χ0n) is 10.4. The second-order valence-corrected chi connectivity index (χ2v) is 4.49. The van der Waals surface area contributed by atoms with E-state index in [9.17, 15) is 4.79 Å². The number of aromatic carboxylic acids is 1. The summed E-state index contributed by atoms with van der Waals surface area (Å²) in [5, 5.41) is 8.81. The molecule has 0 unspecified atom stereocenters. The highest BCUT2D eigenvalue weighted by atomic mass is 16.4. The van der Waals surface area contributed by atoms with E-state index in [0.717, 1.165) is 12.8 Å². The Labute approximate surface area is 107 Å². The first-order valence-electron chi connectivity index (χ1n) is 6.03. The summed E-state index contributed by atoms with van der Waals surface area (Å²) in [6.07, 6.45) is 1.91. The van der Waals surface area contributed by atoms with Gasteiger partial charge in [0.25, 0.3) is 0 Å². The van der Waals surface area contributed by atoms with Gasteiger partial charge in [-0.15, -0.1) is 0 Å². The molecule has 0 fully saturated rings. The van der Waals surface area contributed by atoms with Crippen LogP contribution in [-0.4, -0.2) is 11.1 Å². The highest BCUT2D eigenvalue weighted by molar-refractivity contribution is 5.87. The summed E-state index contributed by atoms with van der Waals surface area (Å²) < 4.78 is 0. The van der Waals surface area contributed by atoms with Crippen LogP contribution >= 0.6 is 0 Å². The normalized spacial score (nSPS) is 10.3. The van der Waals surface area contributed by atoms with Crippen molar-refractivity contribution in [3.63, 3.8) is 0 Å².